The van der Waals surface area contributed by atoms with E-state index in [-0.39, 0.29) is 0 Å². The summed E-state index contributed by atoms with van der Waals surface area (Å²) in [5.74, 6) is 0. The van der Waals surface area contributed by atoms with Gasteiger partial charge in [0.15, 0.2) is 0 Å². The molecule has 0 saturated heterocycles. The Balaban J connectivity index is 1.04. The van der Waals surface area contributed by atoms with Crippen molar-refractivity contribution in [2.45, 2.75) is 0 Å². The van der Waals surface area contributed by atoms with Gasteiger partial charge in [0, 0.05) is 44.2 Å². The van der Waals surface area contributed by atoms with Gasteiger partial charge in [-0.3, -0.25) is 9.97 Å². The fourth-order valence-electron chi connectivity index (χ4n) is 7.08. The van der Waals surface area contributed by atoms with Crippen molar-refractivity contribution < 1.29 is 0 Å². The monoisotopic (exact) mass is 668 g/mol. The first-order valence-corrected chi connectivity index (χ1v) is 17.8. The smallest absolute Gasteiger partial charge is 0.0900 e. The summed E-state index contributed by atoms with van der Waals surface area (Å²) in [5, 5.41) is 6.16. The second kappa shape index (κ2) is 12.1. The van der Waals surface area contributed by atoms with Crippen LogP contribution >= 0.6 is 11.3 Å². The van der Waals surface area contributed by atoms with Crippen molar-refractivity contribution in [1.29, 1.82) is 0 Å². The summed E-state index contributed by atoms with van der Waals surface area (Å²) in [6, 6.07) is 55.3. The Morgan fingerprint density at radius 1 is 0.392 bits per heavy atom. The zero-order valence-electron chi connectivity index (χ0n) is 27.4. The lowest BCUT2D eigenvalue weighted by molar-refractivity contribution is 1.22. The molecule has 0 amide bonds. The zero-order valence-corrected chi connectivity index (χ0v) is 28.2. The van der Waals surface area contributed by atoms with E-state index in [9.17, 15) is 0 Å². The van der Waals surface area contributed by atoms with Crippen molar-refractivity contribution in [2.75, 3.05) is 0 Å². The zero-order chi connectivity index (χ0) is 33.7. The number of fused-ring (bicyclic) bond motifs is 7. The lowest BCUT2D eigenvalue weighted by Crippen LogP contribution is -1.94. The van der Waals surface area contributed by atoms with E-state index in [1.54, 1.807) is 12.4 Å². The average Bonchev–Trinajstić information content (AvgIpc) is 3.61. The molecule has 5 heterocycles. The third-order valence-electron chi connectivity index (χ3n) is 9.59. The molecule has 0 atom stereocenters. The number of hydrogen-bond donors (Lipinski definition) is 0. The Hall–Kier alpha value is -6.56. The van der Waals surface area contributed by atoms with E-state index in [2.05, 4.69) is 131 Å². The molecule has 51 heavy (non-hydrogen) atoms. The maximum Gasteiger partial charge on any atom is 0.0900 e. The van der Waals surface area contributed by atoms with Gasteiger partial charge in [0.25, 0.3) is 0 Å². The van der Waals surface area contributed by atoms with Crippen LogP contribution in [0, 0.1) is 0 Å². The first-order valence-electron chi connectivity index (χ1n) is 17.0. The lowest BCUT2D eigenvalue weighted by atomic mass is 9.97. The molecule has 0 aliphatic heterocycles. The van der Waals surface area contributed by atoms with E-state index in [1.165, 1.54) is 36.3 Å². The molecule has 0 aliphatic carbocycles. The molecule has 0 spiro atoms. The fraction of sp³-hybridized carbons (Fsp3) is 0. The molecule has 0 N–H and O–H groups in total. The normalized spacial score (nSPS) is 11.5. The van der Waals surface area contributed by atoms with Crippen LogP contribution in [0.25, 0.3) is 98.1 Å². The van der Waals surface area contributed by atoms with E-state index in [1.807, 2.05) is 47.7 Å². The molecule has 10 aromatic rings. The van der Waals surface area contributed by atoms with Crippen molar-refractivity contribution >= 4 is 53.2 Å². The Labute approximate surface area is 298 Å². The van der Waals surface area contributed by atoms with Gasteiger partial charge in [0.1, 0.15) is 0 Å². The van der Waals surface area contributed by atoms with Crippen LogP contribution in [-0.4, -0.2) is 19.9 Å². The average molecular weight is 669 g/mol. The third-order valence-corrected chi connectivity index (χ3v) is 10.8. The number of rotatable bonds is 5. The van der Waals surface area contributed by atoms with Gasteiger partial charge in [-0.25, -0.2) is 9.97 Å². The van der Waals surface area contributed by atoms with Crippen LogP contribution in [0.1, 0.15) is 0 Å². The highest BCUT2D eigenvalue weighted by molar-refractivity contribution is 7.26. The van der Waals surface area contributed by atoms with Gasteiger partial charge < -0.3 is 0 Å². The van der Waals surface area contributed by atoms with Crippen LogP contribution in [0.2, 0.25) is 0 Å². The second-order valence-electron chi connectivity index (χ2n) is 12.7. The number of thiophene rings is 1. The maximum absolute atomic E-state index is 5.40. The minimum Gasteiger partial charge on any atom is -0.255 e. The largest absolute Gasteiger partial charge is 0.255 e. The van der Waals surface area contributed by atoms with Crippen LogP contribution in [0.15, 0.2) is 170 Å². The molecule has 0 unspecified atom stereocenters. The van der Waals surface area contributed by atoms with Gasteiger partial charge in [0.2, 0.25) is 0 Å². The topological polar surface area (TPSA) is 51.6 Å². The number of nitrogens with zero attached hydrogens (tertiary/aromatic N) is 4. The van der Waals surface area contributed by atoms with Crippen LogP contribution in [0.3, 0.4) is 0 Å². The van der Waals surface area contributed by atoms with Crippen molar-refractivity contribution in [1.82, 2.24) is 19.9 Å². The van der Waals surface area contributed by atoms with E-state index in [4.69, 9.17) is 9.97 Å². The highest BCUT2D eigenvalue weighted by Gasteiger charge is 2.18. The van der Waals surface area contributed by atoms with Crippen molar-refractivity contribution in [3.8, 4) is 56.3 Å². The maximum atomic E-state index is 5.40. The van der Waals surface area contributed by atoms with Crippen molar-refractivity contribution in [3.05, 3.63) is 170 Å². The van der Waals surface area contributed by atoms with Gasteiger partial charge in [-0.15, -0.1) is 11.3 Å². The molecule has 0 radical (unpaired) electrons. The molecule has 238 valence electrons. The first-order chi connectivity index (χ1) is 25.3. The Bertz CT molecular complexity index is 2820. The van der Waals surface area contributed by atoms with Gasteiger partial charge in [0.05, 0.1) is 38.7 Å². The summed E-state index contributed by atoms with van der Waals surface area (Å²) in [4.78, 5) is 19.5. The summed E-state index contributed by atoms with van der Waals surface area (Å²) in [5.41, 5.74) is 11.0. The van der Waals surface area contributed by atoms with Crippen LogP contribution < -0.4 is 0 Å². The summed E-state index contributed by atoms with van der Waals surface area (Å²) in [6.45, 7) is 0. The third kappa shape index (κ3) is 5.14. The van der Waals surface area contributed by atoms with E-state index in [0.29, 0.717) is 0 Å². The highest BCUT2D eigenvalue weighted by Crippen LogP contribution is 2.44. The summed E-state index contributed by atoms with van der Waals surface area (Å²) < 4.78 is 2.50. The van der Waals surface area contributed by atoms with Crippen LogP contribution in [-0.2, 0) is 0 Å². The molecule has 0 bridgehead atoms. The van der Waals surface area contributed by atoms with E-state index >= 15 is 0 Å². The lowest BCUT2D eigenvalue weighted by Gasteiger charge is -2.11. The van der Waals surface area contributed by atoms with Gasteiger partial charge >= 0.3 is 0 Å². The summed E-state index contributed by atoms with van der Waals surface area (Å²) >= 11 is 1.83. The SMILES string of the molecule is c1ccc(-c2cc(-c3ccc(-c4ccc(-c5nc6c7ccccc7ccc6c6c5sc5ccccc56)cc4)cc3)cc(-c3ccccn3)n2)nc1. The Morgan fingerprint density at radius 3 is 1.61 bits per heavy atom. The Kier molecular flexibility index (Phi) is 6.96. The predicted octanol–water partition coefficient (Wildman–Crippen LogP) is 12.3. The van der Waals surface area contributed by atoms with E-state index in [0.717, 1.165) is 61.8 Å². The van der Waals surface area contributed by atoms with Crippen molar-refractivity contribution in [2.24, 2.45) is 0 Å². The molecular formula is C46H28N4S. The minimum atomic E-state index is 0.816. The fourth-order valence-corrected chi connectivity index (χ4v) is 8.31. The number of benzene rings is 5. The summed E-state index contributed by atoms with van der Waals surface area (Å²) in [7, 11) is 0. The van der Waals surface area contributed by atoms with Crippen LogP contribution in [0.4, 0.5) is 0 Å². The molecule has 5 heteroatoms. The second-order valence-corrected chi connectivity index (χ2v) is 13.7. The molecular weight excluding hydrogens is 641 g/mol. The molecule has 10 rings (SSSR count). The molecule has 5 aromatic heterocycles. The van der Waals surface area contributed by atoms with Crippen LogP contribution in [0.5, 0.6) is 0 Å². The molecule has 0 fully saturated rings. The number of pyridine rings is 4. The molecule has 5 aromatic carbocycles. The van der Waals surface area contributed by atoms with E-state index < -0.39 is 0 Å². The number of aromatic nitrogens is 4. The van der Waals surface area contributed by atoms with Gasteiger partial charge in [-0.1, -0.05) is 115 Å². The van der Waals surface area contributed by atoms with Gasteiger partial charge in [-0.2, -0.15) is 0 Å². The summed E-state index contributed by atoms with van der Waals surface area (Å²) in [6.07, 6.45) is 3.60. The predicted molar refractivity (Wildman–Crippen MR) is 213 cm³/mol. The first kappa shape index (κ1) is 29.4. The minimum absolute atomic E-state index is 0.816. The van der Waals surface area contributed by atoms with Crippen molar-refractivity contribution in [3.63, 3.8) is 0 Å². The Morgan fingerprint density at radius 2 is 0.961 bits per heavy atom. The molecule has 0 saturated carbocycles. The quantitative estimate of drug-likeness (QED) is 0.171. The standard InChI is InChI=1S/C46H28N4S/c1-2-10-35-32(9-1)23-24-37-43-36-11-3-4-14-42(36)51-46(43)44(50-45(35)37)33-21-19-30(20-22-33)29-15-17-31(18-16-29)34-27-40(38-12-5-7-25-47-38)49-41(28-34)39-13-6-8-26-48-39/h1-28H. The molecule has 0 aliphatic rings. The molecule has 4 nitrogen and oxygen atoms in total. The number of hydrogen-bond acceptors (Lipinski definition) is 5. The van der Waals surface area contributed by atoms with Gasteiger partial charge in [-0.05, 0) is 70.1 Å². The highest BCUT2D eigenvalue weighted by atomic mass is 32.1.